The molecule has 0 saturated carbocycles. The van der Waals surface area contributed by atoms with Crippen molar-refractivity contribution in [2.45, 2.75) is 39.3 Å². The summed E-state index contributed by atoms with van der Waals surface area (Å²) in [5, 5.41) is 3.59. The third-order valence-electron chi connectivity index (χ3n) is 2.68. The lowest BCUT2D eigenvalue weighted by atomic mass is 10.2. The minimum atomic E-state index is 0.321. The summed E-state index contributed by atoms with van der Waals surface area (Å²) >= 11 is 2.00. The van der Waals surface area contributed by atoms with Crippen LogP contribution in [0.2, 0.25) is 0 Å². The molecule has 0 bridgehead atoms. The molecular formula is C12H23N3S. The summed E-state index contributed by atoms with van der Waals surface area (Å²) < 4.78 is 2.07. The minimum absolute atomic E-state index is 0.321. The molecule has 92 valence electrons. The van der Waals surface area contributed by atoms with Crippen LogP contribution in [0.15, 0.2) is 12.4 Å². The van der Waals surface area contributed by atoms with Crippen LogP contribution >= 0.6 is 11.8 Å². The zero-order valence-electron chi connectivity index (χ0n) is 10.7. The van der Waals surface area contributed by atoms with Gasteiger partial charge in [0.25, 0.3) is 0 Å². The highest BCUT2D eigenvalue weighted by molar-refractivity contribution is 7.99. The van der Waals surface area contributed by atoms with Gasteiger partial charge in [-0.2, -0.15) is 11.8 Å². The summed E-state index contributed by atoms with van der Waals surface area (Å²) in [6.45, 7) is 6.63. The van der Waals surface area contributed by atoms with Gasteiger partial charge in [0.15, 0.2) is 0 Å². The van der Waals surface area contributed by atoms with Gasteiger partial charge in [-0.3, -0.25) is 0 Å². The van der Waals surface area contributed by atoms with E-state index in [4.69, 9.17) is 0 Å². The molecule has 2 unspecified atom stereocenters. The first-order valence-electron chi connectivity index (χ1n) is 5.96. The molecule has 1 heterocycles. The fraction of sp³-hybridized carbons (Fsp3) is 0.750. The second kappa shape index (κ2) is 6.97. The Balaban J connectivity index is 2.33. The predicted octanol–water partition coefficient (Wildman–Crippen LogP) is 2.60. The first-order valence-corrected chi connectivity index (χ1v) is 7.11. The molecule has 3 nitrogen and oxygen atoms in total. The molecule has 4 heteroatoms. The van der Waals surface area contributed by atoms with Gasteiger partial charge in [0.05, 0.1) is 6.04 Å². The van der Waals surface area contributed by atoms with Crippen LogP contribution in [0.4, 0.5) is 0 Å². The van der Waals surface area contributed by atoms with Crippen LogP contribution in [0.1, 0.15) is 39.1 Å². The molecule has 1 aromatic heterocycles. The molecule has 0 aliphatic heterocycles. The molecule has 0 amide bonds. The number of nitrogens with one attached hydrogen (secondary N) is 1. The lowest BCUT2D eigenvalue weighted by Crippen LogP contribution is -2.30. The van der Waals surface area contributed by atoms with Gasteiger partial charge in [0.1, 0.15) is 5.82 Å². The van der Waals surface area contributed by atoms with Crippen molar-refractivity contribution in [1.82, 2.24) is 14.9 Å². The van der Waals surface area contributed by atoms with E-state index in [-0.39, 0.29) is 0 Å². The van der Waals surface area contributed by atoms with Crippen molar-refractivity contribution in [2.24, 2.45) is 7.05 Å². The predicted molar refractivity (Wildman–Crippen MR) is 71.8 cm³/mol. The maximum atomic E-state index is 4.36. The van der Waals surface area contributed by atoms with Crippen molar-refractivity contribution < 1.29 is 0 Å². The third kappa shape index (κ3) is 4.18. The van der Waals surface area contributed by atoms with Crippen molar-refractivity contribution in [1.29, 1.82) is 0 Å². The zero-order valence-corrected chi connectivity index (χ0v) is 11.5. The van der Waals surface area contributed by atoms with Crippen molar-refractivity contribution >= 4 is 11.8 Å². The van der Waals surface area contributed by atoms with E-state index in [2.05, 4.69) is 35.6 Å². The van der Waals surface area contributed by atoms with Gasteiger partial charge >= 0.3 is 0 Å². The van der Waals surface area contributed by atoms with Gasteiger partial charge in [-0.1, -0.05) is 6.92 Å². The topological polar surface area (TPSA) is 29.9 Å². The normalized spacial score (nSPS) is 15.0. The van der Waals surface area contributed by atoms with E-state index < -0.39 is 0 Å². The summed E-state index contributed by atoms with van der Waals surface area (Å²) in [6, 6.07) is 0.868. The van der Waals surface area contributed by atoms with Crippen molar-refractivity contribution in [2.75, 3.05) is 11.5 Å². The Morgan fingerprint density at radius 1 is 1.50 bits per heavy atom. The molecule has 2 atom stereocenters. The fourth-order valence-corrected chi connectivity index (χ4v) is 2.59. The molecule has 0 radical (unpaired) electrons. The van der Waals surface area contributed by atoms with E-state index in [0.29, 0.717) is 12.1 Å². The number of rotatable bonds is 7. The Kier molecular flexibility index (Phi) is 5.91. The van der Waals surface area contributed by atoms with Crippen LogP contribution in [0.3, 0.4) is 0 Å². The highest BCUT2D eigenvalue weighted by atomic mass is 32.2. The molecular weight excluding hydrogens is 218 g/mol. The first kappa shape index (κ1) is 13.6. The molecule has 1 N–H and O–H groups in total. The summed E-state index contributed by atoms with van der Waals surface area (Å²) in [7, 11) is 2.04. The molecule has 0 fully saturated rings. The number of thioether (sulfide) groups is 1. The van der Waals surface area contributed by atoms with Crippen LogP contribution in [-0.2, 0) is 7.05 Å². The van der Waals surface area contributed by atoms with Crippen LogP contribution < -0.4 is 5.32 Å². The average molecular weight is 241 g/mol. The van der Waals surface area contributed by atoms with Gasteiger partial charge in [0.2, 0.25) is 0 Å². The van der Waals surface area contributed by atoms with Crippen LogP contribution in [0, 0.1) is 0 Å². The maximum Gasteiger partial charge on any atom is 0.125 e. The molecule has 0 saturated heterocycles. The number of imidazole rings is 1. The number of aromatic nitrogens is 2. The van der Waals surface area contributed by atoms with Crippen molar-refractivity contribution in [3.05, 3.63) is 18.2 Å². The number of aryl methyl sites for hydroxylation is 1. The van der Waals surface area contributed by atoms with E-state index in [9.17, 15) is 0 Å². The van der Waals surface area contributed by atoms with E-state index in [0.717, 1.165) is 5.82 Å². The monoisotopic (exact) mass is 241 g/mol. The van der Waals surface area contributed by atoms with E-state index >= 15 is 0 Å². The second-order valence-electron chi connectivity index (χ2n) is 4.17. The Hall–Kier alpha value is -0.480. The van der Waals surface area contributed by atoms with Gasteiger partial charge in [-0.15, -0.1) is 0 Å². The van der Waals surface area contributed by atoms with Gasteiger partial charge in [0, 0.05) is 25.5 Å². The van der Waals surface area contributed by atoms with E-state index in [1.807, 2.05) is 31.2 Å². The molecule has 0 aromatic carbocycles. The molecule has 0 spiro atoms. The summed E-state index contributed by atoms with van der Waals surface area (Å²) in [6.07, 6.45) is 5.06. The van der Waals surface area contributed by atoms with Crippen molar-refractivity contribution in [3.8, 4) is 0 Å². The fourth-order valence-electron chi connectivity index (χ4n) is 1.78. The molecule has 1 aromatic rings. The molecule has 16 heavy (non-hydrogen) atoms. The number of hydrogen-bond donors (Lipinski definition) is 1. The first-order chi connectivity index (χ1) is 7.65. The van der Waals surface area contributed by atoms with Crippen molar-refractivity contribution in [3.63, 3.8) is 0 Å². The SMILES string of the molecule is CCSCCC(C)NC(C)c1nccn1C. The minimum Gasteiger partial charge on any atom is -0.337 e. The Morgan fingerprint density at radius 2 is 2.25 bits per heavy atom. The van der Waals surface area contributed by atoms with Gasteiger partial charge < -0.3 is 9.88 Å². The lowest BCUT2D eigenvalue weighted by Gasteiger charge is -2.19. The number of nitrogens with zero attached hydrogens (tertiary/aromatic N) is 2. The average Bonchev–Trinajstić information content (AvgIpc) is 2.65. The Morgan fingerprint density at radius 3 is 2.81 bits per heavy atom. The lowest BCUT2D eigenvalue weighted by molar-refractivity contribution is 0.449. The van der Waals surface area contributed by atoms with E-state index in [1.54, 1.807) is 0 Å². The summed E-state index contributed by atoms with van der Waals surface area (Å²) in [4.78, 5) is 4.36. The summed E-state index contributed by atoms with van der Waals surface area (Å²) in [5.74, 6) is 3.55. The highest BCUT2D eigenvalue weighted by Gasteiger charge is 2.12. The third-order valence-corrected chi connectivity index (χ3v) is 3.61. The highest BCUT2D eigenvalue weighted by Crippen LogP contribution is 2.11. The smallest absolute Gasteiger partial charge is 0.125 e. The van der Waals surface area contributed by atoms with Crippen LogP contribution in [0.5, 0.6) is 0 Å². The van der Waals surface area contributed by atoms with Gasteiger partial charge in [-0.05, 0) is 31.8 Å². The second-order valence-corrected chi connectivity index (χ2v) is 5.57. The zero-order chi connectivity index (χ0) is 12.0. The Labute approximate surface area is 103 Å². The van der Waals surface area contributed by atoms with Crippen LogP contribution in [0.25, 0.3) is 0 Å². The molecule has 0 aliphatic carbocycles. The number of hydrogen-bond acceptors (Lipinski definition) is 3. The quantitative estimate of drug-likeness (QED) is 0.744. The summed E-state index contributed by atoms with van der Waals surface area (Å²) in [5.41, 5.74) is 0. The largest absolute Gasteiger partial charge is 0.337 e. The maximum absolute atomic E-state index is 4.36. The Bertz CT molecular complexity index is 298. The van der Waals surface area contributed by atoms with Crippen LogP contribution in [-0.4, -0.2) is 27.1 Å². The van der Waals surface area contributed by atoms with Gasteiger partial charge in [-0.25, -0.2) is 4.98 Å². The standard InChI is InChI=1S/C12H23N3S/c1-5-16-9-6-10(2)14-11(3)12-13-7-8-15(12)4/h7-8,10-11,14H,5-6,9H2,1-4H3. The van der Waals surface area contributed by atoms with E-state index in [1.165, 1.54) is 17.9 Å². The molecule has 1 rings (SSSR count). The molecule has 0 aliphatic rings.